The smallest absolute Gasteiger partial charge is 0.343 e. The third-order valence-electron chi connectivity index (χ3n) is 8.81. The molecule has 0 saturated carbocycles. The molecule has 4 aromatic carbocycles. The molecular formula is C40H46O8S. The standard InChI is InChI=1S/C40H46O8S/c1-5-40(26-45-27-40)25-44-20-9-7-8-10-21-46-33-18-16-29-22-31(15-14-30(29)23-33)38(41)48-35-19-17-32(24-36(35)43-4)39(42)47-34-12-11-13-37(28(34)3)49-6-2/h11-19,22-24H,5-10,20-21,25-27H2,1-4H3. The van der Waals surface area contributed by atoms with Crippen LogP contribution in [0.3, 0.4) is 0 Å². The molecule has 0 atom stereocenters. The van der Waals surface area contributed by atoms with Crippen LogP contribution in [0.25, 0.3) is 10.8 Å². The molecule has 0 aromatic heterocycles. The molecule has 0 aliphatic carbocycles. The maximum atomic E-state index is 13.1. The van der Waals surface area contributed by atoms with Crippen LogP contribution in [0.4, 0.5) is 0 Å². The predicted molar refractivity (Wildman–Crippen MR) is 193 cm³/mol. The van der Waals surface area contributed by atoms with E-state index in [1.165, 1.54) is 19.2 Å². The average molecular weight is 687 g/mol. The number of carbonyl (C=O) groups is 2. The summed E-state index contributed by atoms with van der Waals surface area (Å²) in [5.74, 6) is 1.59. The molecule has 1 heterocycles. The van der Waals surface area contributed by atoms with E-state index in [4.69, 9.17) is 28.4 Å². The molecule has 1 aliphatic rings. The topological polar surface area (TPSA) is 89.5 Å². The van der Waals surface area contributed by atoms with E-state index in [-0.39, 0.29) is 22.5 Å². The van der Waals surface area contributed by atoms with Gasteiger partial charge in [0.25, 0.3) is 0 Å². The molecule has 49 heavy (non-hydrogen) atoms. The van der Waals surface area contributed by atoms with Gasteiger partial charge in [0.05, 0.1) is 44.7 Å². The fraction of sp³-hybridized carbons (Fsp3) is 0.400. The van der Waals surface area contributed by atoms with Crippen molar-refractivity contribution < 1.29 is 38.0 Å². The Bertz CT molecular complexity index is 1730. The molecule has 0 spiro atoms. The first-order valence-electron chi connectivity index (χ1n) is 17.0. The van der Waals surface area contributed by atoms with Gasteiger partial charge < -0.3 is 28.4 Å². The number of thioether (sulfide) groups is 1. The Labute approximate surface area is 293 Å². The van der Waals surface area contributed by atoms with E-state index in [1.807, 2.05) is 43.3 Å². The second kappa shape index (κ2) is 17.6. The van der Waals surface area contributed by atoms with Crippen molar-refractivity contribution in [2.75, 3.05) is 45.9 Å². The van der Waals surface area contributed by atoms with Gasteiger partial charge in [-0.3, -0.25) is 0 Å². The van der Waals surface area contributed by atoms with Crippen LogP contribution in [0.1, 0.15) is 72.2 Å². The predicted octanol–water partition coefficient (Wildman–Crippen LogP) is 9.09. The Morgan fingerprint density at radius 3 is 2.18 bits per heavy atom. The maximum Gasteiger partial charge on any atom is 0.343 e. The van der Waals surface area contributed by atoms with Gasteiger partial charge in [0.15, 0.2) is 11.5 Å². The molecule has 260 valence electrons. The number of esters is 2. The number of methoxy groups -OCH3 is 1. The Morgan fingerprint density at radius 2 is 1.47 bits per heavy atom. The number of fused-ring (bicyclic) bond motifs is 1. The minimum atomic E-state index is -0.538. The third kappa shape index (κ3) is 9.56. The minimum Gasteiger partial charge on any atom is -0.494 e. The van der Waals surface area contributed by atoms with Crippen LogP contribution in [0.5, 0.6) is 23.0 Å². The fourth-order valence-corrected chi connectivity index (χ4v) is 6.38. The summed E-state index contributed by atoms with van der Waals surface area (Å²) in [6.45, 7) is 10.1. The summed E-state index contributed by atoms with van der Waals surface area (Å²) in [6.07, 6.45) is 5.35. The van der Waals surface area contributed by atoms with Crippen LogP contribution in [0, 0.1) is 12.3 Å². The normalized spacial score (nSPS) is 13.5. The number of unbranched alkanes of at least 4 members (excludes halogenated alkanes) is 3. The summed E-state index contributed by atoms with van der Waals surface area (Å²) in [5.41, 5.74) is 1.82. The van der Waals surface area contributed by atoms with Crippen molar-refractivity contribution >= 4 is 34.5 Å². The van der Waals surface area contributed by atoms with Gasteiger partial charge in [0, 0.05) is 22.5 Å². The summed E-state index contributed by atoms with van der Waals surface area (Å²) in [7, 11) is 1.46. The molecule has 5 rings (SSSR count). The molecule has 0 bridgehead atoms. The first-order chi connectivity index (χ1) is 23.8. The number of hydrogen-bond donors (Lipinski definition) is 0. The van der Waals surface area contributed by atoms with Crippen molar-refractivity contribution in [3.05, 3.63) is 89.5 Å². The van der Waals surface area contributed by atoms with Gasteiger partial charge >= 0.3 is 11.9 Å². The fourth-order valence-electron chi connectivity index (χ4n) is 5.57. The Kier molecular flexibility index (Phi) is 13.0. The van der Waals surface area contributed by atoms with E-state index in [0.717, 1.165) is 91.3 Å². The Hall–Kier alpha value is -4.05. The quantitative estimate of drug-likeness (QED) is 0.0440. The van der Waals surface area contributed by atoms with E-state index in [9.17, 15) is 9.59 Å². The average Bonchev–Trinajstić information content (AvgIpc) is 3.10. The lowest BCUT2D eigenvalue weighted by Gasteiger charge is -2.40. The SMILES string of the molecule is CCSc1cccc(OC(=O)c2ccc(OC(=O)c3ccc4cc(OCCCCCCOCC5(CC)COC5)ccc4c3)c(OC)c2)c1C. The largest absolute Gasteiger partial charge is 0.494 e. The van der Waals surface area contributed by atoms with Gasteiger partial charge in [-0.2, -0.15) is 0 Å². The van der Waals surface area contributed by atoms with Gasteiger partial charge in [-0.25, -0.2) is 9.59 Å². The lowest BCUT2D eigenvalue weighted by atomic mass is 9.84. The second-order valence-corrected chi connectivity index (χ2v) is 13.6. The zero-order valence-electron chi connectivity index (χ0n) is 28.9. The van der Waals surface area contributed by atoms with Crippen molar-refractivity contribution in [2.45, 2.75) is 57.8 Å². The van der Waals surface area contributed by atoms with Crippen molar-refractivity contribution in [1.82, 2.24) is 0 Å². The Balaban J connectivity index is 1.09. The first-order valence-corrected chi connectivity index (χ1v) is 18.0. The molecule has 0 N–H and O–H groups in total. The minimum absolute atomic E-state index is 0.201. The zero-order chi connectivity index (χ0) is 34.6. The lowest BCUT2D eigenvalue weighted by molar-refractivity contribution is -0.150. The van der Waals surface area contributed by atoms with E-state index < -0.39 is 11.9 Å². The number of ether oxygens (including phenoxy) is 6. The van der Waals surface area contributed by atoms with Crippen LogP contribution in [0.15, 0.2) is 77.7 Å². The number of hydrogen-bond acceptors (Lipinski definition) is 9. The van der Waals surface area contributed by atoms with Crippen molar-refractivity contribution in [1.29, 1.82) is 0 Å². The van der Waals surface area contributed by atoms with E-state index in [0.29, 0.717) is 17.9 Å². The van der Waals surface area contributed by atoms with Crippen LogP contribution in [0.2, 0.25) is 0 Å². The number of carbonyl (C=O) groups excluding carboxylic acids is 2. The van der Waals surface area contributed by atoms with Gasteiger partial charge in [-0.1, -0.05) is 38.5 Å². The zero-order valence-corrected chi connectivity index (χ0v) is 29.7. The molecule has 0 amide bonds. The lowest BCUT2D eigenvalue weighted by Crippen LogP contribution is -2.45. The van der Waals surface area contributed by atoms with Gasteiger partial charge in [0.2, 0.25) is 0 Å². The van der Waals surface area contributed by atoms with Gasteiger partial charge in [-0.15, -0.1) is 11.8 Å². The van der Waals surface area contributed by atoms with Crippen LogP contribution < -0.4 is 18.9 Å². The third-order valence-corrected chi connectivity index (χ3v) is 9.85. The molecule has 1 saturated heterocycles. The van der Waals surface area contributed by atoms with Crippen molar-refractivity contribution in [2.24, 2.45) is 5.41 Å². The van der Waals surface area contributed by atoms with E-state index in [1.54, 1.807) is 36.0 Å². The molecule has 9 heteroatoms. The maximum absolute atomic E-state index is 13.1. The monoisotopic (exact) mass is 686 g/mol. The van der Waals surface area contributed by atoms with Crippen LogP contribution in [-0.2, 0) is 9.47 Å². The highest BCUT2D eigenvalue weighted by Gasteiger charge is 2.36. The van der Waals surface area contributed by atoms with Gasteiger partial charge in [-0.05, 0) is 104 Å². The molecule has 8 nitrogen and oxygen atoms in total. The summed E-state index contributed by atoms with van der Waals surface area (Å²) in [5, 5.41) is 1.85. The Morgan fingerprint density at radius 1 is 0.776 bits per heavy atom. The molecular weight excluding hydrogens is 640 g/mol. The molecule has 4 aromatic rings. The molecule has 0 unspecified atom stereocenters. The summed E-state index contributed by atoms with van der Waals surface area (Å²) in [6, 6.07) is 21.5. The summed E-state index contributed by atoms with van der Waals surface area (Å²) < 4.78 is 34.1. The molecule has 1 fully saturated rings. The number of benzene rings is 4. The van der Waals surface area contributed by atoms with Crippen LogP contribution >= 0.6 is 11.8 Å². The van der Waals surface area contributed by atoms with Crippen molar-refractivity contribution in [3.8, 4) is 23.0 Å². The highest BCUT2D eigenvalue weighted by molar-refractivity contribution is 7.99. The number of rotatable bonds is 18. The first kappa shape index (κ1) is 36.2. The molecule has 1 aliphatic heterocycles. The van der Waals surface area contributed by atoms with E-state index >= 15 is 0 Å². The van der Waals surface area contributed by atoms with E-state index in [2.05, 4.69) is 13.8 Å². The summed E-state index contributed by atoms with van der Waals surface area (Å²) in [4.78, 5) is 27.2. The van der Waals surface area contributed by atoms with Crippen LogP contribution in [-0.4, -0.2) is 57.8 Å². The second-order valence-electron chi connectivity index (χ2n) is 12.3. The highest BCUT2D eigenvalue weighted by atomic mass is 32.2. The molecule has 0 radical (unpaired) electrons. The van der Waals surface area contributed by atoms with Gasteiger partial charge in [0.1, 0.15) is 11.5 Å². The highest BCUT2D eigenvalue weighted by Crippen LogP contribution is 2.33. The van der Waals surface area contributed by atoms with Crippen molar-refractivity contribution in [3.63, 3.8) is 0 Å². The summed E-state index contributed by atoms with van der Waals surface area (Å²) >= 11 is 1.69.